The molecule has 0 fully saturated rings. The zero-order chi connectivity index (χ0) is 30.8. The topological polar surface area (TPSA) is 35.6 Å². The molecule has 0 aliphatic heterocycles. The number of aromatic nitrogens is 4. The van der Waals surface area contributed by atoms with Crippen molar-refractivity contribution in [2.45, 2.75) is 0 Å². The Labute approximate surface area is 266 Å². The second-order valence-electron chi connectivity index (χ2n) is 12.1. The van der Waals surface area contributed by atoms with Crippen LogP contribution in [-0.2, 0) is 14.1 Å². The van der Waals surface area contributed by atoms with Gasteiger partial charge in [0.15, 0.2) is 0 Å². The van der Waals surface area contributed by atoms with Crippen molar-refractivity contribution in [2.75, 3.05) is 0 Å². The number of hydrogen-bond donors (Lipinski definition) is 0. The van der Waals surface area contributed by atoms with E-state index in [0.717, 1.165) is 44.8 Å². The molecule has 7 aromatic carbocycles. The standard InChI is InChI=1S/C42H30N4/c1-45-39-9-5-3-7-37(39)43-41(45)29-15-11-27(12-16-29)31-21-23-35-33(25-31)19-20-34-26-32(22-24-36(34)35)28-13-17-30(18-14-28)42-44-38-8-4-6-10-40(38)46(42)2/h3-26H,1-2H3. The molecule has 0 spiro atoms. The molecule has 0 aliphatic rings. The maximum absolute atomic E-state index is 4.87. The second kappa shape index (κ2) is 10.3. The summed E-state index contributed by atoms with van der Waals surface area (Å²) in [6.45, 7) is 0. The summed E-state index contributed by atoms with van der Waals surface area (Å²) >= 11 is 0. The monoisotopic (exact) mass is 590 g/mol. The first kappa shape index (κ1) is 26.4. The molecule has 0 saturated carbocycles. The molecular weight excluding hydrogens is 560 g/mol. The lowest BCUT2D eigenvalue weighted by Gasteiger charge is -2.10. The predicted molar refractivity (Wildman–Crippen MR) is 192 cm³/mol. The van der Waals surface area contributed by atoms with Gasteiger partial charge in [0.25, 0.3) is 0 Å². The molecule has 0 amide bonds. The Bertz CT molecular complexity index is 2400. The number of para-hydroxylation sites is 4. The maximum Gasteiger partial charge on any atom is 0.140 e. The average Bonchev–Trinajstić information content (AvgIpc) is 3.64. The SMILES string of the molecule is Cn1c(-c2ccc(-c3ccc4c(ccc5cc(-c6ccc(-c7nc8ccccc8n7C)cc6)ccc54)c3)cc2)nc2ccccc21. The van der Waals surface area contributed by atoms with Crippen LogP contribution in [0.3, 0.4) is 0 Å². The second-order valence-corrected chi connectivity index (χ2v) is 12.1. The quantitative estimate of drug-likeness (QED) is 0.191. The summed E-state index contributed by atoms with van der Waals surface area (Å²) in [5, 5.41) is 5.01. The van der Waals surface area contributed by atoms with Crippen LogP contribution < -0.4 is 0 Å². The molecule has 0 saturated heterocycles. The summed E-state index contributed by atoms with van der Waals surface area (Å²) in [4.78, 5) is 9.73. The summed E-state index contributed by atoms with van der Waals surface area (Å²) in [7, 11) is 4.16. The van der Waals surface area contributed by atoms with E-state index in [2.05, 4.69) is 157 Å². The molecule has 9 rings (SSSR count). The maximum atomic E-state index is 4.87. The number of fused-ring (bicyclic) bond motifs is 5. The van der Waals surface area contributed by atoms with E-state index < -0.39 is 0 Å². The summed E-state index contributed by atoms with van der Waals surface area (Å²) in [5.41, 5.74) is 11.4. The Hall–Kier alpha value is -6.00. The lowest BCUT2D eigenvalue weighted by atomic mass is 9.95. The van der Waals surface area contributed by atoms with Crippen LogP contribution in [0.25, 0.3) is 88.6 Å². The third kappa shape index (κ3) is 4.22. The summed E-state index contributed by atoms with van der Waals surface area (Å²) in [6.07, 6.45) is 0. The smallest absolute Gasteiger partial charge is 0.140 e. The van der Waals surface area contributed by atoms with Gasteiger partial charge in [0.05, 0.1) is 22.1 Å². The van der Waals surface area contributed by atoms with Gasteiger partial charge in [-0.3, -0.25) is 0 Å². The van der Waals surface area contributed by atoms with E-state index in [4.69, 9.17) is 9.97 Å². The lowest BCUT2D eigenvalue weighted by molar-refractivity contribution is 0.959. The van der Waals surface area contributed by atoms with Gasteiger partial charge >= 0.3 is 0 Å². The highest BCUT2D eigenvalue weighted by molar-refractivity contribution is 6.09. The van der Waals surface area contributed by atoms with E-state index in [-0.39, 0.29) is 0 Å². The van der Waals surface area contributed by atoms with Crippen LogP contribution in [0.1, 0.15) is 0 Å². The van der Waals surface area contributed by atoms with E-state index in [1.165, 1.54) is 43.8 Å². The molecule has 0 atom stereocenters. The number of benzene rings is 7. The Morgan fingerprint density at radius 2 is 0.739 bits per heavy atom. The molecule has 218 valence electrons. The van der Waals surface area contributed by atoms with Crippen LogP contribution in [0, 0.1) is 0 Å². The van der Waals surface area contributed by atoms with Gasteiger partial charge in [-0.05, 0) is 80.2 Å². The van der Waals surface area contributed by atoms with Crippen LogP contribution >= 0.6 is 0 Å². The normalized spacial score (nSPS) is 11.7. The van der Waals surface area contributed by atoms with Crippen molar-refractivity contribution in [3.63, 3.8) is 0 Å². The molecule has 9 aromatic rings. The van der Waals surface area contributed by atoms with Crippen LogP contribution in [-0.4, -0.2) is 19.1 Å². The van der Waals surface area contributed by atoms with Gasteiger partial charge in [0.2, 0.25) is 0 Å². The summed E-state index contributed by atoms with van der Waals surface area (Å²) in [6, 6.07) is 52.1. The van der Waals surface area contributed by atoms with Gasteiger partial charge in [-0.15, -0.1) is 0 Å². The fraction of sp³-hybridized carbons (Fsp3) is 0.0476. The highest BCUT2D eigenvalue weighted by atomic mass is 15.1. The van der Waals surface area contributed by atoms with Gasteiger partial charge < -0.3 is 9.13 Å². The molecule has 2 heterocycles. The van der Waals surface area contributed by atoms with E-state index >= 15 is 0 Å². The molecule has 0 bridgehead atoms. The van der Waals surface area contributed by atoms with Crippen molar-refractivity contribution in [1.82, 2.24) is 19.1 Å². The Balaban J connectivity index is 1.01. The minimum absolute atomic E-state index is 0.981. The van der Waals surface area contributed by atoms with Crippen molar-refractivity contribution >= 4 is 43.6 Å². The third-order valence-corrected chi connectivity index (χ3v) is 9.36. The van der Waals surface area contributed by atoms with Crippen LogP contribution in [0.2, 0.25) is 0 Å². The fourth-order valence-corrected chi connectivity index (χ4v) is 6.86. The van der Waals surface area contributed by atoms with Crippen molar-refractivity contribution in [3.05, 3.63) is 146 Å². The molecule has 0 N–H and O–H groups in total. The molecule has 0 radical (unpaired) electrons. The molecule has 0 unspecified atom stereocenters. The van der Waals surface area contributed by atoms with Gasteiger partial charge in [-0.2, -0.15) is 0 Å². The van der Waals surface area contributed by atoms with Crippen molar-refractivity contribution in [1.29, 1.82) is 0 Å². The highest BCUT2D eigenvalue weighted by Gasteiger charge is 2.12. The molecule has 0 aliphatic carbocycles. The van der Waals surface area contributed by atoms with Crippen LogP contribution in [0.4, 0.5) is 0 Å². The first-order valence-electron chi connectivity index (χ1n) is 15.6. The number of imidazole rings is 2. The van der Waals surface area contributed by atoms with Crippen molar-refractivity contribution in [3.8, 4) is 45.0 Å². The van der Waals surface area contributed by atoms with E-state index in [1.54, 1.807) is 0 Å². The lowest BCUT2D eigenvalue weighted by Crippen LogP contribution is -1.92. The molecule has 2 aromatic heterocycles. The Morgan fingerprint density at radius 1 is 0.370 bits per heavy atom. The van der Waals surface area contributed by atoms with Gasteiger partial charge in [0.1, 0.15) is 11.6 Å². The third-order valence-electron chi connectivity index (χ3n) is 9.36. The minimum atomic E-state index is 0.981. The highest BCUT2D eigenvalue weighted by Crippen LogP contribution is 2.34. The average molecular weight is 591 g/mol. The first-order chi connectivity index (χ1) is 22.6. The molecular formula is C42H30N4. The van der Waals surface area contributed by atoms with Crippen molar-refractivity contribution in [2.24, 2.45) is 14.1 Å². The van der Waals surface area contributed by atoms with Crippen LogP contribution in [0.15, 0.2) is 146 Å². The number of hydrogen-bond acceptors (Lipinski definition) is 2. The first-order valence-corrected chi connectivity index (χ1v) is 15.6. The molecule has 4 nitrogen and oxygen atoms in total. The van der Waals surface area contributed by atoms with Crippen molar-refractivity contribution < 1.29 is 0 Å². The number of nitrogens with zero attached hydrogens (tertiary/aromatic N) is 4. The van der Waals surface area contributed by atoms with Gasteiger partial charge in [0, 0.05) is 25.2 Å². The van der Waals surface area contributed by atoms with E-state index in [1.807, 2.05) is 12.1 Å². The molecule has 46 heavy (non-hydrogen) atoms. The molecule has 4 heteroatoms. The largest absolute Gasteiger partial charge is 0.327 e. The number of rotatable bonds is 4. The minimum Gasteiger partial charge on any atom is -0.327 e. The van der Waals surface area contributed by atoms with Crippen LogP contribution in [0.5, 0.6) is 0 Å². The Kier molecular flexibility index (Phi) is 5.90. The Morgan fingerprint density at radius 3 is 1.15 bits per heavy atom. The van der Waals surface area contributed by atoms with Gasteiger partial charge in [-0.25, -0.2) is 9.97 Å². The van der Waals surface area contributed by atoms with Gasteiger partial charge in [-0.1, -0.05) is 109 Å². The summed E-state index contributed by atoms with van der Waals surface area (Å²) in [5.74, 6) is 1.96. The number of aryl methyl sites for hydroxylation is 2. The zero-order valence-electron chi connectivity index (χ0n) is 25.6. The zero-order valence-corrected chi connectivity index (χ0v) is 25.6. The van der Waals surface area contributed by atoms with E-state index in [0.29, 0.717) is 0 Å². The fourth-order valence-electron chi connectivity index (χ4n) is 6.86. The summed E-state index contributed by atoms with van der Waals surface area (Å²) < 4.78 is 4.32. The predicted octanol–water partition coefficient (Wildman–Crippen LogP) is 10.4. The van der Waals surface area contributed by atoms with E-state index in [9.17, 15) is 0 Å².